The van der Waals surface area contributed by atoms with Gasteiger partial charge in [0.15, 0.2) is 0 Å². The van der Waals surface area contributed by atoms with Gasteiger partial charge in [0.2, 0.25) is 15.8 Å². The Morgan fingerprint density at radius 1 is 1.10 bits per heavy atom. The first-order chi connectivity index (χ1) is 18.6. The van der Waals surface area contributed by atoms with Crippen molar-refractivity contribution in [3.8, 4) is 11.4 Å². The molecule has 5 rings (SSSR count). The van der Waals surface area contributed by atoms with Crippen molar-refractivity contribution in [1.82, 2.24) is 14.1 Å². The molecule has 12 heteroatoms. The van der Waals surface area contributed by atoms with Gasteiger partial charge < -0.3 is 21.1 Å². The number of nitrogen functional groups attached to an aromatic ring is 1. The van der Waals surface area contributed by atoms with Crippen molar-refractivity contribution in [1.29, 1.82) is 0 Å². The zero-order valence-corrected chi connectivity index (χ0v) is 23.4. The number of halogens is 1. The van der Waals surface area contributed by atoms with Gasteiger partial charge in [0.05, 0.1) is 24.2 Å². The Labute approximate surface area is 233 Å². The first-order valence-corrected chi connectivity index (χ1v) is 14.9. The van der Waals surface area contributed by atoms with E-state index in [9.17, 15) is 13.2 Å². The van der Waals surface area contributed by atoms with E-state index in [4.69, 9.17) is 27.8 Å². The Balaban J connectivity index is 1.35. The second-order valence-electron chi connectivity index (χ2n) is 10.5. The normalized spacial score (nSPS) is 17.3. The topological polar surface area (TPSA) is 137 Å². The summed E-state index contributed by atoms with van der Waals surface area (Å²) in [6.45, 7) is 4.13. The van der Waals surface area contributed by atoms with Gasteiger partial charge in [-0.25, -0.2) is 8.42 Å². The Bertz CT molecular complexity index is 1530. The number of ether oxygens (including phenoxy) is 1. The summed E-state index contributed by atoms with van der Waals surface area (Å²) in [6.07, 6.45) is 3.71. The van der Waals surface area contributed by atoms with Crippen LogP contribution in [0, 0.1) is 5.41 Å². The van der Waals surface area contributed by atoms with E-state index in [0.717, 1.165) is 18.4 Å². The van der Waals surface area contributed by atoms with Gasteiger partial charge in [0.1, 0.15) is 5.69 Å². The summed E-state index contributed by atoms with van der Waals surface area (Å²) in [5, 5.41) is 4.90. The summed E-state index contributed by atoms with van der Waals surface area (Å²) in [4.78, 5) is 15.5. The fourth-order valence-electron chi connectivity index (χ4n) is 4.62. The Kier molecular flexibility index (Phi) is 7.60. The highest BCUT2D eigenvalue weighted by molar-refractivity contribution is 7.88. The van der Waals surface area contributed by atoms with Crippen molar-refractivity contribution < 1.29 is 13.2 Å². The van der Waals surface area contributed by atoms with Crippen LogP contribution in [0.3, 0.4) is 0 Å². The van der Waals surface area contributed by atoms with Gasteiger partial charge in [-0.15, -0.1) is 0 Å². The number of nitrogens with zero attached hydrogens (tertiary/aromatic N) is 4. The van der Waals surface area contributed by atoms with Gasteiger partial charge in [-0.2, -0.15) is 14.1 Å². The molecule has 2 fully saturated rings. The van der Waals surface area contributed by atoms with E-state index < -0.39 is 10.0 Å². The van der Waals surface area contributed by atoms with Gasteiger partial charge in [-0.05, 0) is 48.2 Å². The molecule has 2 heterocycles. The van der Waals surface area contributed by atoms with Crippen LogP contribution >= 0.6 is 11.6 Å². The lowest BCUT2D eigenvalue weighted by molar-refractivity contribution is 0.242. The molecule has 4 N–H and O–H groups in total. The lowest BCUT2D eigenvalue weighted by Crippen LogP contribution is -2.49. The molecule has 1 aliphatic carbocycles. The zero-order chi connectivity index (χ0) is 27.8. The van der Waals surface area contributed by atoms with Crippen LogP contribution in [0.15, 0.2) is 53.5 Å². The Hall–Kier alpha value is -3.12. The third-order valence-corrected chi connectivity index (χ3v) is 9.47. The number of aromatic nitrogens is 2. The molecule has 0 bridgehead atoms. The largest absolute Gasteiger partial charge is 0.486 e. The van der Waals surface area contributed by atoms with E-state index in [2.05, 4.69) is 12.0 Å². The minimum Gasteiger partial charge on any atom is -0.486 e. The van der Waals surface area contributed by atoms with Crippen molar-refractivity contribution in [2.75, 3.05) is 43.4 Å². The van der Waals surface area contributed by atoms with Gasteiger partial charge in [-0.3, -0.25) is 4.79 Å². The molecule has 1 aliphatic heterocycles. The van der Waals surface area contributed by atoms with Gasteiger partial charge in [-0.1, -0.05) is 36.7 Å². The number of rotatable bonds is 9. The van der Waals surface area contributed by atoms with Crippen LogP contribution in [0.1, 0.15) is 30.9 Å². The maximum Gasteiger partial charge on any atom is 0.316 e. The smallest absolute Gasteiger partial charge is 0.316 e. The van der Waals surface area contributed by atoms with Gasteiger partial charge >= 0.3 is 5.56 Å². The number of anilines is 2. The van der Waals surface area contributed by atoms with Crippen molar-refractivity contribution in [2.45, 2.75) is 32.1 Å². The van der Waals surface area contributed by atoms with Crippen molar-refractivity contribution >= 4 is 33.0 Å². The number of hydrogen-bond donors (Lipinski definition) is 2. The third-order valence-electron chi connectivity index (χ3n) is 7.39. The monoisotopic (exact) mass is 572 g/mol. The minimum atomic E-state index is -3.57. The number of sulfonamides is 1. The Morgan fingerprint density at radius 3 is 2.51 bits per heavy atom. The van der Waals surface area contributed by atoms with Gasteiger partial charge in [0.25, 0.3) is 0 Å². The molecular formula is C27H33ClN6O4S. The third kappa shape index (κ3) is 6.06. The SMILES string of the molecule is CC1(COc2c(N3CCN(S(=O)(=O)Cc4ccc(N)c(CN)c4)CC3)cnn(-c3cccc(Cl)c3)c2=O)CC1. The maximum atomic E-state index is 13.6. The summed E-state index contributed by atoms with van der Waals surface area (Å²) in [5.41, 5.74) is 14.3. The molecule has 2 aromatic carbocycles. The van der Waals surface area contributed by atoms with E-state index in [1.54, 1.807) is 48.7 Å². The lowest BCUT2D eigenvalue weighted by Gasteiger charge is -2.35. The summed E-state index contributed by atoms with van der Waals surface area (Å²) >= 11 is 6.15. The van der Waals surface area contributed by atoms with Crippen molar-refractivity contribution in [2.24, 2.45) is 11.1 Å². The second kappa shape index (κ2) is 10.8. The van der Waals surface area contributed by atoms with Crippen LogP contribution in [0.25, 0.3) is 5.69 Å². The summed E-state index contributed by atoms with van der Waals surface area (Å²) < 4.78 is 35.3. The molecule has 0 atom stereocenters. The van der Waals surface area contributed by atoms with E-state index in [0.29, 0.717) is 47.3 Å². The highest BCUT2D eigenvalue weighted by Crippen LogP contribution is 2.45. The molecule has 0 amide bonds. The van der Waals surface area contributed by atoms with Crippen LogP contribution in [0.5, 0.6) is 5.75 Å². The molecular weight excluding hydrogens is 540 g/mol. The number of nitrogens with two attached hydrogens (primary N) is 2. The van der Waals surface area contributed by atoms with Crippen LogP contribution in [0.2, 0.25) is 5.02 Å². The predicted molar refractivity (Wildman–Crippen MR) is 153 cm³/mol. The van der Waals surface area contributed by atoms with Crippen LogP contribution in [0.4, 0.5) is 11.4 Å². The van der Waals surface area contributed by atoms with Crippen LogP contribution in [-0.4, -0.2) is 55.3 Å². The average molecular weight is 573 g/mol. The first kappa shape index (κ1) is 27.4. The van der Waals surface area contributed by atoms with Crippen LogP contribution < -0.4 is 26.7 Å². The summed E-state index contributed by atoms with van der Waals surface area (Å²) in [6, 6.07) is 12.1. The molecule has 1 saturated carbocycles. The van der Waals surface area contributed by atoms with E-state index >= 15 is 0 Å². The fourth-order valence-corrected chi connectivity index (χ4v) is 6.31. The molecule has 208 valence electrons. The highest BCUT2D eigenvalue weighted by atomic mass is 35.5. The quantitative estimate of drug-likeness (QED) is 0.373. The number of benzene rings is 2. The highest BCUT2D eigenvalue weighted by Gasteiger charge is 2.39. The molecule has 2 aliphatic rings. The molecule has 0 radical (unpaired) electrons. The standard InChI is InChI=1S/C27H33ClN6O4S/c1-27(7-8-27)18-38-25-24(16-31-34(26(25)35)22-4-2-3-21(28)14-22)32-9-11-33(12-10-32)39(36,37)17-19-5-6-23(30)20(13-19)15-29/h2-6,13-14,16H,7-12,15,17-18,29-30H2,1H3. The van der Waals surface area contributed by atoms with E-state index in [1.165, 1.54) is 8.99 Å². The predicted octanol–water partition coefficient (Wildman–Crippen LogP) is 2.76. The zero-order valence-electron chi connectivity index (χ0n) is 21.8. The molecule has 0 spiro atoms. The summed E-state index contributed by atoms with van der Waals surface area (Å²) in [7, 11) is -3.57. The summed E-state index contributed by atoms with van der Waals surface area (Å²) in [5.74, 6) is 0.0791. The molecule has 10 nitrogen and oxygen atoms in total. The fraction of sp³-hybridized carbons (Fsp3) is 0.407. The second-order valence-corrected chi connectivity index (χ2v) is 12.9. The van der Waals surface area contributed by atoms with Crippen LogP contribution in [-0.2, 0) is 22.3 Å². The van der Waals surface area contributed by atoms with E-state index in [-0.39, 0.29) is 42.1 Å². The first-order valence-electron chi connectivity index (χ1n) is 12.9. The molecule has 3 aromatic rings. The molecule has 0 unspecified atom stereocenters. The maximum absolute atomic E-state index is 13.6. The lowest BCUT2D eigenvalue weighted by atomic mass is 10.1. The number of hydrogen-bond acceptors (Lipinski definition) is 8. The molecule has 1 saturated heterocycles. The minimum absolute atomic E-state index is 0.0620. The average Bonchev–Trinajstić information content (AvgIpc) is 3.66. The van der Waals surface area contributed by atoms with Gasteiger partial charge in [0, 0.05) is 48.8 Å². The van der Waals surface area contributed by atoms with Crippen molar-refractivity contribution in [3.63, 3.8) is 0 Å². The Morgan fingerprint density at radius 2 is 1.85 bits per heavy atom. The van der Waals surface area contributed by atoms with E-state index in [1.807, 2.05) is 4.90 Å². The molecule has 1 aromatic heterocycles. The van der Waals surface area contributed by atoms with Crippen molar-refractivity contribution in [3.05, 3.63) is 75.2 Å². The molecule has 39 heavy (non-hydrogen) atoms. The number of piperazine rings is 1.